The number of carbonyl (C=O) groups excluding carboxylic acids is 2. The predicted molar refractivity (Wildman–Crippen MR) is 357 cm³/mol. The lowest BCUT2D eigenvalue weighted by atomic mass is 9.88. The molecule has 2 aliphatic rings. The molecule has 0 spiro atoms. The number of carbonyl (C=O) groups is 2. The van der Waals surface area contributed by atoms with Gasteiger partial charge in [-0.25, -0.2) is 0 Å². The maximum Gasteiger partial charge on any atom is 0.261 e. The molecule has 0 saturated heterocycles. The number of hydrogen-bond acceptors (Lipinski definition) is 6. The molecule has 4 unspecified atom stereocenters. The molecular weight excluding hydrogens is 1050 g/mol. The third kappa shape index (κ3) is 19.1. The van der Waals surface area contributed by atoms with E-state index in [0.29, 0.717) is 47.9 Å². The largest absolute Gasteiger partial charge is 0.306 e. The van der Waals surface area contributed by atoms with Crippen LogP contribution in [-0.2, 0) is 22.4 Å². The van der Waals surface area contributed by atoms with Crippen molar-refractivity contribution < 1.29 is 9.59 Å². The van der Waals surface area contributed by atoms with Gasteiger partial charge < -0.3 is 9.80 Å². The summed E-state index contributed by atoms with van der Waals surface area (Å²) in [5.41, 5.74) is 6.06. The number of hydrogen-bond donors (Lipinski definition) is 0. The van der Waals surface area contributed by atoms with Crippen molar-refractivity contribution in [3.63, 3.8) is 0 Å². The minimum absolute atomic E-state index is 0.0572. The van der Waals surface area contributed by atoms with Crippen LogP contribution in [0.5, 0.6) is 0 Å². The van der Waals surface area contributed by atoms with Crippen LogP contribution >= 0.6 is 45.3 Å². The third-order valence-electron chi connectivity index (χ3n) is 18.1. The van der Waals surface area contributed by atoms with E-state index in [0.717, 1.165) is 85.4 Å². The topological polar surface area (TPSA) is 40.6 Å². The third-order valence-corrected chi connectivity index (χ3v) is 22.9. The normalized spacial score (nSPS) is 15.4. The molecule has 0 saturated carbocycles. The molecule has 6 heterocycles. The Morgan fingerprint density at radius 1 is 0.375 bits per heavy atom. The average Bonchev–Trinajstić information content (AvgIpc) is 4.41. The van der Waals surface area contributed by atoms with Crippen LogP contribution in [0, 0.1) is 37.5 Å². The fourth-order valence-corrected chi connectivity index (χ4v) is 17.5. The van der Waals surface area contributed by atoms with Crippen molar-refractivity contribution in [3.05, 3.63) is 78.2 Å². The molecule has 0 N–H and O–H groups in total. The van der Waals surface area contributed by atoms with Gasteiger partial charge in [-0.3, -0.25) is 9.59 Å². The van der Waals surface area contributed by atoms with Gasteiger partial charge in [-0.1, -0.05) is 248 Å². The van der Waals surface area contributed by atoms with E-state index in [9.17, 15) is 0 Å². The highest BCUT2D eigenvalue weighted by molar-refractivity contribution is 7.26. The van der Waals surface area contributed by atoms with E-state index in [-0.39, 0.29) is 11.8 Å². The summed E-state index contributed by atoms with van der Waals surface area (Å²) < 4.78 is 0. The lowest BCUT2D eigenvalue weighted by molar-refractivity contribution is -0.124. The van der Waals surface area contributed by atoms with Gasteiger partial charge in [0.2, 0.25) is 0 Å². The Hall–Kier alpha value is -2.78. The van der Waals surface area contributed by atoms with Crippen molar-refractivity contribution in [2.45, 2.75) is 288 Å². The number of thiophene rings is 4. The number of amides is 2. The summed E-state index contributed by atoms with van der Waals surface area (Å²) in [5.74, 6) is 2.11. The van der Waals surface area contributed by atoms with Crippen molar-refractivity contribution in [2.75, 3.05) is 13.1 Å². The Morgan fingerprint density at radius 2 is 0.750 bits per heavy atom. The molecule has 0 radical (unpaired) electrons. The Bertz CT molecular complexity index is 2490. The van der Waals surface area contributed by atoms with Crippen LogP contribution in [0.25, 0.3) is 30.9 Å². The highest BCUT2D eigenvalue weighted by Gasteiger charge is 2.50. The first-order valence-electron chi connectivity index (χ1n) is 33.6. The van der Waals surface area contributed by atoms with Crippen molar-refractivity contribution in [3.8, 4) is 19.5 Å². The van der Waals surface area contributed by atoms with Crippen LogP contribution in [0.2, 0.25) is 0 Å². The summed E-state index contributed by atoms with van der Waals surface area (Å²) in [5, 5.41) is 0. The second-order valence-electron chi connectivity index (χ2n) is 24.8. The number of unbranched alkanes of at least 4 members (excludes halogenated alkanes) is 18. The molecule has 8 heteroatoms. The lowest BCUT2D eigenvalue weighted by Crippen LogP contribution is -2.34. The van der Waals surface area contributed by atoms with E-state index in [1.165, 1.54) is 194 Å². The predicted octanol–water partition coefficient (Wildman–Crippen LogP) is 23.9. The van der Waals surface area contributed by atoms with Crippen molar-refractivity contribution in [1.82, 2.24) is 9.80 Å². The maximum atomic E-state index is 16.1. The number of rotatable bonds is 44. The molecule has 4 aromatic rings. The molecule has 6 rings (SSSR count). The van der Waals surface area contributed by atoms with E-state index >= 15 is 9.59 Å². The lowest BCUT2D eigenvalue weighted by Gasteiger charge is -2.29. The molecule has 0 aliphatic carbocycles. The van der Waals surface area contributed by atoms with Crippen LogP contribution in [0.3, 0.4) is 0 Å². The van der Waals surface area contributed by atoms with Gasteiger partial charge in [0.25, 0.3) is 11.8 Å². The van der Waals surface area contributed by atoms with Crippen LogP contribution in [0.1, 0.15) is 291 Å². The number of aryl methyl sites for hydroxylation is 2. The second-order valence-corrected chi connectivity index (χ2v) is 29.5. The molecular formula is C72H112N2O2S4. The smallest absolute Gasteiger partial charge is 0.261 e. The molecule has 2 amide bonds. The van der Waals surface area contributed by atoms with Gasteiger partial charge in [-0.15, -0.1) is 45.3 Å². The van der Waals surface area contributed by atoms with Crippen molar-refractivity contribution in [2.24, 2.45) is 23.7 Å². The Balaban J connectivity index is 1.52. The minimum Gasteiger partial charge on any atom is -0.306 e. The standard InChI is InChI=1S/C72H112N2O2S4/c1-11-19-25-29-31-35-41-57(39-33-27-21-13-3)47-59-49-64(78-54(59)10)68-66-67(72(76)73(68)51-55(17-7)37-23-15-5)69(74(71(66)75)52-56(18-8)38-24-16-6)65-50-60(48-58(40-34-28-22-14-4)42-36-32-30-26-20-12-2)70(80-65)63-46-45-62(79-63)61-44-43-53(9)77-61/h43-46,49-50,55-58H,11-42,47-48,51-52H2,1-10H3. The Labute approximate surface area is 506 Å². The maximum absolute atomic E-state index is 16.1. The molecule has 4 nitrogen and oxygen atoms in total. The fourth-order valence-electron chi connectivity index (χ4n) is 13.0. The van der Waals surface area contributed by atoms with Crippen LogP contribution in [0.4, 0.5) is 0 Å². The Morgan fingerprint density at radius 3 is 1.20 bits per heavy atom. The molecule has 0 bridgehead atoms. The first-order chi connectivity index (χ1) is 39.0. The summed E-state index contributed by atoms with van der Waals surface area (Å²) >= 11 is 7.54. The first-order valence-corrected chi connectivity index (χ1v) is 36.8. The quantitative estimate of drug-likeness (QED) is 0.0414. The zero-order valence-electron chi connectivity index (χ0n) is 52.6. The van der Waals surface area contributed by atoms with Crippen LogP contribution in [-0.4, -0.2) is 34.7 Å². The van der Waals surface area contributed by atoms with Crippen molar-refractivity contribution >= 4 is 68.6 Å². The molecule has 80 heavy (non-hydrogen) atoms. The summed E-state index contributed by atoms with van der Waals surface area (Å²) in [7, 11) is 0. The van der Waals surface area contributed by atoms with Crippen LogP contribution < -0.4 is 0 Å². The summed E-state index contributed by atoms with van der Waals surface area (Å²) in [6.07, 6.45) is 42.4. The summed E-state index contributed by atoms with van der Waals surface area (Å²) in [6, 6.07) is 14.2. The molecule has 446 valence electrons. The number of fused-ring (bicyclic) bond motifs is 1. The van der Waals surface area contributed by atoms with E-state index in [1.807, 2.05) is 45.3 Å². The van der Waals surface area contributed by atoms with Gasteiger partial charge in [0.05, 0.1) is 32.3 Å². The highest BCUT2D eigenvalue weighted by atomic mass is 32.1. The van der Waals surface area contributed by atoms with Gasteiger partial charge in [-0.05, 0) is 111 Å². The van der Waals surface area contributed by atoms with E-state index < -0.39 is 0 Å². The molecule has 0 fully saturated rings. The van der Waals surface area contributed by atoms with Crippen LogP contribution in [0.15, 0.2) is 47.5 Å². The summed E-state index contributed by atoms with van der Waals surface area (Å²) in [6.45, 7) is 24.3. The zero-order valence-corrected chi connectivity index (χ0v) is 55.8. The minimum atomic E-state index is 0.0572. The van der Waals surface area contributed by atoms with E-state index in [1.54, 1.807) is 0 Å². The molecule has 4 atom stereocenters. The van der Waals surface area contributed by atoms with E-state index in [4.69, 9.17) is 0 Å². The number of nitrogens with zero attached hydrogens (tertiary/aromatic N) is 2. The zero-order chi connectivity index (χ0) is 57.2. The second kappa shape index (κ2) is 36.2. The fraction of sp³-hybridized carbons (Fsp3) is 0.694. The SMILES string of the molecule is CCCCCCCCC(CCCCCC)Cc1cc(C2=C3C(=O)N(CC(CC)CCCC)C(c4cc(CC(CCCCCC)CCCCCCCC)c(-c5ccc(-c6ccc(C)s6)s5)s4)=C3C(=O)N2CC(CC)CCCC)sc1C. The van der Waals surface area contributed by atoms with Gasteiger partial charge in [0.15, 0.2) is 0 Å². The van der Waals surface area contributed by atoms with Gasteiger partial charge in [0, 0.05) is 42.4 Å². The van der Waals surface area contributed by atoms with Gasteiger partial charge >= 0.3 is 0 Å². The highest BCUT2D eigenvalue weighted by Crippen LogP contribution is 2.52. The Kier molecular flexibility index (Phi) is 30.0. The average molecular weight is 1170 g/mol. The molecule has 4 aromatic heterocycles. The first kappa shape index (κ1) is 66.4. The monoisotopic (exact) mass is 1160 g/mol. The van der Waals surface area contributed by atoms with Gasteiger partial charge in [0.1, 0.15) is 0 Å². The molecule has 2 aliphatic heterocycles. The molecule has 0 aromatic carbocycles. The van der Waals surface area contributed by atoms with Gasteiger partial charge in [-0.2, -0.15) is 0 Å². The van der Waals surface area contributed by atoms with Crippen molar-refractivity contribution in [1.29, 1.82) is 0 Å². The summed E-state index contributed by atoms with van der Waals surface area (Å²) in [4.78, 5) is 46.7. The van der Waals surface area contributed by atoms with E-state index in [2.05, 4.69) is 115 Å².